The second kappa shape index (κ2) is 9.29. The second-order valence-corrected chi connectivity index (χ2v) is 6.10. The van der Waals surface area contributed by atoms with Crippen LogP contribution in [-0.2, 0) is 0 Å². The molecule has 1 aliphatic rings. The van der Waals surface area contributed by atoms with Crippen molar-refractivity contribution < 1.29 is 0 Å². The van der Waals surface area contributed by atoms with Crippen LogP contribution in [0.25, 0.3) is 0 Å². The first kappa shape index (κ1) is 16.6. The first-order chi connectivity index (χ1) is 10.3. The molecule has 3 nitrogen and oxygen atoms in total. The van der Waals surface area contributed by atoms with Gasteiger partial charge < -0.3 is 10.2 Å². The maximum Gasteiger partial charge on any atom is 0.0639 e. The van der Waals surface area contributed by atoms with Crippen molar-refractivity contribution in [3.8, 4) is 0 Å². The monoisotopic (exact) mass is 309 g/mol. The van der Waals surface area contributed by atoms with Crippen molar-refractivity contribution in [1.82, 2.24) is 10.2 Å². The summed E-state index contributed by atoms with van der Waals surface area (Å²) in [5.74, 6) is 0. The van der Waals surface area contributed by atoms with Crippen molar-refractivity contribution >= 4 is 17.3 Å². The lowest BCUT2D eigenvalue weighted by atomic mass is 10.2. The lowest BCUT2D eigenvalue weighted by Gasteiger charge is -2.36. The molecule has 4 heteroatoms. The van der Waals surface area contributed by atoms with Crippen LogP contribution in [0.3, 0.4) is 0 Å². The fourth-order valence-electron chi connectivity index (χ4n) is 2.86. The van der Waals surface area contributed by atoms with Crippen molar-refractivity contribution in [2.45, 2.75) is 26.2 Å². The van der Waals surface area contributed by atoms with E-state index >= 15 is 0 Å². The highest BCUT2D eigenvalue weighted by molar-refractivity contribution is 6.33. The van der Waals surface area contributed by atoms with Crippen LogP contribution in [0.1, 0.15) is 26.2 Å². The molecular weight excluding hydrogens is 282 g/mol. The molecule has 0 spiro atoms. The Kier molecular flexibility index (Phi) is 7.34. The minimum absolute atomic E-state index is 0.870. The summed E-state index contributed by atoms with van der Waals surface area (Å²) in [7, 11) is 0. The molecule has 1 aromatic rings. The van der Waals surface area contributed by atoms with Crippen LogP contribution in [0.4, 0.5) is 5.69 Å². The predicted molar refractivity (Wildman–Crippen MR) is 92.5 cm³/mol. The Morgan fingerprint density at radius 1 is 1.05 bits per heavy atom. The molecule has 0 amide bonds. The number of nitrogens with one attached hydrogen (secondary N) is 1. The van der Waals surface area contributed by atoms with Crippen LogP contribution in [0.15, 0.2) is 24.3 Å². The lowest BCUT2D eigenvalue weighted by molar-refractivity contribution is 0.252. The summed E-state index contributed by atoms with van der Waals surface area (Å²) in [5, 5.41) is 4.25. The van der Waals surface area contributed by atoms with Crippen LogP contribution in [0.2, 0.25) is 5.02 Å². The number of rotatable bonds is 8. The Labute approximate surface area is 134 Å². The Hall–Kier alpha value is -0.770. The SMILES string of the molecule is CCNCCCCCN1CCN(c2ccccc2Cl)CC1. The van der Waals surface area contributed by atoms with E-state index in [1.165, 1.54) is 31.5 Å². The van der Waals surface area contributed by atoms with Crippen LogP contribution < -0.4 is 10.2 Å². The van der Waals surface area contributed by atoms with Crippen molar-refractivity contribution in [3.63, 3.8) is 0 Å². The van der Waals surface area contributed by atoms with Gasteiger partial charge in [-0.25, -0.2) is 0 Å². The van der Waals surface area contributed by atoms with E-state index in [0.29, 0.717) is 0 Å². The van der Waals surface area contributed by atoms with Gasteiger partial charge in [-0.3, -0.25) is 4.90 Å². The largest absolute Gasteiger partial charge is 0.368 e. The Bertz CT molecular complexity index is 403. The fraction of sp³-hybridized carbons (Fsp3) is 0.647. The highest BCUT2D eigenvalue weighted by Crippen LogP contribution is 2.25. The number of unbranched alkanes of at least 4 members (excludes halogenated alkanes) is 2. The molecule has 0 bridgehead atoms. The van der Waals surface area contributed by atoms with Gasteiger partial charge in [-0.05, 0) is 44.6 Å². The summed E-state index contributed by atoms with van der Waals surface area (Å²) in [6, 6.07) is 8.17. The zero-order valence-corrected chi connectivity index (χ0v) is 13.9. The molecule has 1 aliphatic heterocycles. The normalized spacial score (nSPS) is 16.4. The Morgan fingerprint density at radius 2 is 1.81 bits per heavy atom. The quantitative estimate of drug-likeness (QED) is 0.744. The van der Waals surface area contributed by atoms with E-state index in [0.717, 1.165) is 44.3 Å². The van der Waals surface area contributed by atoms with Crippen molar-refractivity contribution in [3.05, 3.63) is 29.3 Å². The van der Waals surface area contributed by atoms with Gasteiger partial charge in [0.15, 0.2) is 0 Å². The van der Waals surface area contributed by atoms with Gasteiger partial charge in [0.25, 0.3) is 0 Å². The lowest BCUT2D eigenvalue weighted by Crippen LogP contribution is -2.46. The van der Waals surface area contributed by atoms with Crippen LogP contribution in [0.5, 0.6) is 0 Å². The minimum Gasteiger partial charge on any atom is -0.368 e. The average molecular weight is 310 g/mol. The molecule has 1 heterocycles. The van der Waals surface area contributed by atoms with Crippen LogP contribution in [0, 0.1) is 0 Å². The van der Waals surface area contributed by atoms with Gasteiger partial charge in [0.2, 0.25) is 0 Å². The molecule has 0 aromatic heterocycles. The van der Waals surface area contributed by atoms with Crippen LogP contribution in [-0.4, -0.2) is 50.7 Å². The number of para-hydroxylation sites is 1. The predicted octanol–water partition coefficient (Wildman–Crippen LogP) is 3.24. The van der Waals surface area contributed by atoms with Crippen molar-refractivity contribution in [1.29, 1.82) is 0 Å². The highest BCUT2D eigenvalue weighted by Gasteiger charge is 2.17. The van der Waals surface area contributed by atoms with Gasteiger partial charge in [-0.1, -0.05) is 37.1 Å². The van der Waals surface area contributed by atoms with E-state index in [1.54, 1.807) is 0 Å². The number of piperazine rings is 1. The van der Waals surface area contributed by atoms with E-state index in [-0.39, 0.29) is 0 Å². The third-order valence-corrected chi connectivity index (χ3v) is 4.46. The van der Waals surface area contributed by atoms with Gasteiger partial charge in [0.1, 0.15) is 0 Å². The standard InChI is InChI=1S/C17H28ClN3/c1-2-19-10-6-3-7-11-20-12-14-21(15-13-20)17-9-5-4-8-16(17)18/h4-5,8-9,19H,2-3,6-7,10-15H2,1H3. The van der Waals surface area contributed by atoms with E-state index in [4.69, 9.17) is 11.6 Å². The summed E-state index contributed by atoms with van der Waals surface area (Å²) in [5.41, 5.74) is 1.18. The zero-order valence-electron chi connectivity index (χ0n) is 13.2. The van der Waals surface area contributed by atoms with Gasteiger partial charge >= 0.3 is 0 Å². The first-order valence-electron chi connectivity index (χ1n) is 8.24. The molecular formula is C17H28ClN3. The number of hydrogen-bond acceptors (Lipinski definition) is 3. The third kappa shape index (κ3) is 5.50. The van der Waals surface area contributed by atoms with E-state index < -0.39 is 0 Å². The minimum atomic E-state index is 0.870. The zero-order chi connectivity index (χ0) is 14.9. The maximum absolute atomic E-state index is 6.28. The molecule has 21 heavy (non-hydrogen) atoms. The molecule has 0 aliphatic carbocycles. The molecule has 2 rings (SSSR count). The maximum atomic E-state index is 6.28. The summed E-state index contributed by atoms with van der Waals surface area (Å²) < 4.78 is 0. The first-order valence-corrected chi connectivity index (χ1v) is 8.61. The molecule has 1 saturated heterocycles. The van der Waals surface area contributed by atoms with E-state index in [1.807, 2.05) is 12.1 Å². The highest BCUT2D eigenvalue weighted by atomic mass is 35.5. The van der Waals surface area contributed by atoms with Crippen molar-refractivity contribution in [2.75, 3.05) is 50.7 Å². The number of anilines is 1. The molecule has 0 unspecified atom stereocenters. The van der Waals surface area contributed by atoms with Gasteiger partial charge in [0, 0.05) is 26.2 Å². The molecule has 118 valence electrons. The average Bonchev–Trinajstić information content (AvgIpc) is 2.52. The fourth-order valence-corrected chi connectivity index (χ4v) is 3.11. The topological polar surface area (TPSA) is 18.5 Å². The second-order valence-electron chi connectivity index (χ2n) is 5.69. The molecule has 0 saturated carbocycles. The van der Waals surface area contributed by atoms with Gasteiger partial charge in [-0.2, -0.15) is 0 Å². The third-order valence-electron chi connectivity index (χ3n) is 4.14. The number of benzene rings is 1. The molecule has 1 fully saturated rings. The van der Waals surface area contributed by atoms with Gasteiger partial charge in [0.05, 0.1) is 10.7 Å². The number of halogens is 1. The molecule has 1 N–H and O–H groups in total. The Morgan fingerprint density at radius 3 is 2.52 bits per heavy atom. The summed E-state index contributed by atoms with van der Waals surface area (Å²) in [6.07, 6.45) is 3.95. The number of nitrogens with zero attached hydrogens (tertiary/aromatic N) is 2. The smallest absolute Gasteiger partial charge is 0.0639 e. The Balaban J connectivity index is 1.63. The molecule has 0 atom stereocenters. The summed E-state index contributed by atoms with van der Waals surface area (Å²) in [4.78, 5) is 4.99. The molecule has 1 aromatic carbocycles. The summed E-state index contributed by atoms with van der Waals surface area (Å²) >= 11 is 6.28. The van der Waals surface area contributed by atoms with Crippen molar-refractivity contribution in [2.24, 2.45) is 0 Å². The van der Waals surface area contributed by atoms with Gasteiger partial charge in [-0.15, -0.1) is 0 Å². The van der Waals surface area contributed by atoms with Crippen LogP contribution >= 0.6 is 11.6 Å². The van der Waals surface area contributed by atoms with E-state index in [2.05, 4.69) is 34.2 Å². The van der Waals surface area contributed by atoms with E-state index in [9.17, 15) is 0 Å². The molecule has 0 radical (unpaired) electrons. The summed E-state index contributed by atoms with van der Waals surface area (Å²) in [6.45, 7) is 10.1. The number of hydrogen-bond donors (Lipinski definition) is 1.